The highest BCUT2D eigenvalue weighted by molar-refractivity contribution is 6.28. The van der Waals surface area contributed by atoms with Crippen LogP contribution in [-0.2, 0) is 6.42 Å². The molecule has 0 amide bonds. The van der Waals surface area contributed by atoms with Crippen molar-refractivity contribution < 1.29 is 0 Å². The van der Waals surface area contributed by atoms with Gasteiger partial charge >= 0.3 is 0 Å². The van der Waals surface area contributed by atoms with E-state index in [-0.39, 0.29) is 5.28 Å². The molecule has 0 spiro atoms. The van der Waals surface area contributed by atoms with Crippen LogP contribution < -0.4 is 5.32 Å². The van der Waals surface area contributed by atoms with Crippen LogP contribution in [0.5, 0.6) is 0 Å². The Morgan fingerprint density at radius 1 is 1.31 bits per heavy atom. The van der Waals surface area contributed by atoms with E-state index in [1.165, 1.54) is 12.8 Å². The van der Waals surface area contributed by atoms with Gasteiger partial charge in [0, 0.05) is 13.0 Å². The van der Waals surface area contributed by atoms with Gasteiger partial charge in [-0.2, -0.15) is 9.97 Å². The smallest absolute Gasteiger partial charge is 0.227 e. The molecule has 1 aromatic rings. The van der Waals surface area contributed by atoms with E-state index in [1.54, 1.807) is 6.08 Å². The molecule has 0 aromatic carbocycles. The summed E-state index contributed by atoms with van der Waals surface area (Å²) in [4.78, 5) is 12.4. The molecule has 1 N–H and O–H groups in total. The van der Waals surface area contributed by atoms with Crippen molar-refractivity contribution in [3.63, 3.8) is 0 Å². The number of nitrogens with one attached hydrogen (secondary N) is 1. The molecule has 88 valence electrons. The molecule has 0 aliphatic carbocycles. The predicted octanol–water partition coefficient (Wildman–Crippen LogP) is 2.86. The molecule has 4 nitrogen and oxygen atoms in total. The zero-order valence-electron chi connectivity index (χ0n) is 9.54. The molecule has 0 atom stereocenters. The van der Waals surface area contributed by atoms with Gasteiger partial charge in [0.2, 0.25) is 11.2 Å². The molecule has 0 bridgehead atoms. The molecule has 0 saturated heterocycles. The van der Waals surface area contributed by atoms with Crippen molar-refractivity contribution in [3.05, 3.63) is 23.8 Å². The van der Waals surface area contributed by atoms with Crippen LogP contribution in [0.15, 0.2) is 12.7 Å². The molecule has 0 aliphatic heterocycles. The van der Waals surface area contributed by atoms with Gasteiger partial charge in [-0.25, -0.2) is 4.98 Å². The number of rotatable bonds is 7. The second-order valence-electron chi connectivity index (χ2n) is 3.47. The van der Waals surface area contributed by atoms with E-state index >= 15 is 0 Å². The summed E-state index contributed by atoms with van der Waals surface area (Å²) in [5.74, 6) is 1.27. The highest BCUT2D eigenvalue weighted by atomic mass is 35.5. The van der Waals surface area contributed by atoms with Crippen LogP contribution in [0, 0.1) is 0 Å². The van der Waals surface area contributed by atoms with Gasteiger partial charge in [0.1, 0.15) is 5.82 Å². The highest BCUT2D eigenvalue weighted by Gasteiger charge is 2.03. The van der Waals surface area contributed by atoms with E-state index < -0.39 is 0 Å². The molecule has 0 fully saturated rings. The average molecular weight is 241 g/mol. The first-order valence-corrected chi connectivity index (χ1v) is 5.89. The predicted molar refractivity (Wildman–Crippen MR) is 66.8 cm³/mol. The minimum atomic E-state index is 0.244. The second kappa shape index (κ2) is 7.17. The van der Waals surface area contributed by atoms with Gasteiger partial charge in [0.15, 0.2) is 0 Å². The zero-order valence-corrected chi connectivity index (χ0v) is 10.3. The van der Waals surface area contributed by atoms with Crippen LogP contribution in [0.1, 0.15) is 32.0 Å². The molecular formula is C11H17ClN4. The number of halogens is 1. The van der Waals surface area contributed by atoms with Gasteiger partial charge in [0.05, 0.1) is 0 Å². The Hall–Kier alpha value is -1.16. The first kappa shape index (κ1) is 12.9. The Morgan fingerprint density at radius 3 is 2.81 bits per heavy atom. The second-order valence-corrected chi connectivity index (χ2v) is 3.81. The number of aryl methyl sites for hydroxylation is 1. The van der Waals surface area contributed by atoms with Gasteiger partial charge < -0.3 is 5.32 Å². The molecule has 1 heterocycles. The normalized spacial score (nSPS) is 10.1. The van der Waals surface area contributed by atoms with Crippen LogP contribution in [0.2, 0.25) is 5.28 Å². The lowest BCUT2D eigenvalue weighted by Gasteiger charge is -2.04. The van der Waals surface area contributed by atoms with E-state index in [4.69, 9.17) is 11.6 Å². The fourth-order valence-corrected chi connectivity index (χ4v) is 1.46. The van der Waals surface area contributed by atoms with Crippen LogP contribution in [0.3, 0.4) is 0 Å². The summed E-state index contributed by atoms with van der Waals surface area (Å²) in [6.07, 6.45) is 6.03. The first-order valence-electron chi connectivity index (χ1n) is 5.51. The van der Waals surface area contributed by atoms with Gasteiger partial charge in [0.25, 0.3) is 0 Å². The maximum Gasteiger partial charge on any atom is 0.227 e. The summed E-state index contributed by atoms with van der Waals surface area (Å²) in [6, 6.07) is 0. The summed E-state index contributed by atoms with van der Waals surface area (Å²) in [5.41, 5.74) is 0. The molecule has 0 radical (unpaired) electrons. The van der Waals surface area contributed by atoms with Crippen LogP contribution in [0.4, 0.5) is 5.95 Å². The Balaban J connectivity index is 2.61. The Kier molecular flexibility index (Phi) is 5.78. The van der Waals surface area contributed by atoms with Crippen molar-refractivity contribution in [2.45, 2.75) is 32.6 Å². The minimum Gasteiger partial charge on any atom is -0.351 e. The molecule has 5 heteroatoms. The number of nitrogens with zero attached hydrogens (tertiary/aromatic N) is 3. The van der Waals surface area contributed by atoms with Crippen molar-refractivity contribution in [1.82, 2.24) is 15.0 Å². The maximum atomic E-state index is 5.81. The zero-order chi connectivity index (χ0) is 11.8. The quantitative estimate of drug-likeness (QED) is 0.588. The number of unbranched alkanes of at least 4 members (excludes halogenated alkanes) is 2. The van der Waals surface area contributed by atoms with Gasteiger partial charge in [-0.1, -0.05) is 25.8 Å². The molecule has 0 saturated carbocycles. The monoisotopic (exact) mass is 240 g/mol. The first-order chi connectivity index (χ1) is 7.76. The standard InChI is InChI=1S/C11H17ClN4/c1-3-5-6-7-9-14-10(12)16-11(15-9)13-8-4-2/h4H,2-3,5-8H2,1H3,(H,13,14,15,16). The molecular weight excluding hydrogens is 224 g/mol. The van der Waals surface area contributed by atoms with Crippen LogP contribution in [0.25, 0.3) is 0 Å². The van der Waals surface area contributed by atoms with Crippen LogP contribution >= 0.6 is 11.6 Å². The van der Waals surface area contributed by atoms with Crippen molar-refractivity contribution in [3.8, 4) is 0 Å². The SMILES string of the molecule is C=CCNc1nc(Cl)nc(CCCCC)n1. The topological polar surface area (TPSA) is 50.7 Å². The summed E-state index contributed by atoms with van der Waals surface area (Å²) in [7, 11) is 0. The Bertz CT molecular complexity index is 341. The molecule has 1 rings (SSSR count). The van der Waals surface area contributed by atoms with Gasteiger partial charge in [-0.15, -0.1) is 6.58 Å². The van der Waals surface area contributed by atoms with Crippen molar-refractivity contribution in [2.24, 2.45) is 0 Å². The summed E-state index contributed by atoms with van der Waals surface area (Å²) in [5, 5.41) is 3.24. The molecule has 0 unspecified atom stereocenters. The average Bonchev–Trinajstić information content (AvgIpc) is 2.26. The largest absolute Gasteiger partial charge is 0.351 e. The number of anilines is 1. The summed E-state index contributed by atoms with van der Waals surface area (Å²) < 4.78 is 0. The van der Waals surface area contributed by atoms with E-state index in [0.717, 1.165) is 18.7 Å². The van der Waals surface area contributed by atoms with E-state index in [0.29, 0.717) is 12.5 Å². The summed E-state index contributed by atoms with van der Waals surface area (Å²) >= 11 is 5.81. The minimum absolute atomic E-state index is 0.244. The number of hydrogen-bond acceptors (Lipinski definition) is 4. The lowest BCUT2D eigenvalue weighted by molar-refractivity contribution is 0.690. The maximum absolute atomic E-state index is 5.81. The van der Waals surface area contributed by atoms with E-state index in [1.807, 2.05) is 0 Å². The fourth-order valence-electron chi connectivity index (χ4n) is 1.28. The third-order valence-corrected chi connectivity index (χ3v) is 2.23. The van der Waals surface area contributed by atoms with E-state index in [9.17, 15) is 0 Å². The highest BCUT2D eigenvalue weighted by Crippen LogP contribution is 2.08. The molecule has 0 aliphatic rings. The third kappa shape index (κ3) is 4.57. The lowest BCUT2D eigenvalue weighted by Crippen LogP contribution is -2.07. The Labute approximate surface area is 101 Å². The van der Waals surface area contributed by atoms with Gasteiger partial charge in [-0.05, 0) is 18.0 Å². The number of aromatic nitrogens is 3. The fraction of sp³-hybridized carbons (Fsp3) is 0.545. The lowest BCUT2D eigenvalue weighted by atomic mass is 10.2. The Morgan fingerprint density at radius 2 is 2.12 bits per heavy atom. The van der Waals surface area contributed by atoms with E-state index in [2.05, 4.69) is 33.8 Å². The summed E-state index contributed by atoms with van der Waals surface area (Å²) in [6.45, 7) is 6.40. The molecule has 1 aromatic heterocycles. The van der Waals surface area contributed by atoms with Crippen LogP contribution in [-0.4, -0.2) is 21.5 Å². The molecule has 16 heavy (non-hydrogen) atoms. The van der Waals surface area contributed by atoms with Crippen molar-refractivity contribution >= 4 is 17.5 Å². The van der Waals surface area contributed by atoms with Crippen molar-refractivity contribution in [2.75, 3.05) is 11.9 Å². The van der Waals surface area contributed by atoms with Crippen molar-refractivity contribution in [1.29, 1.82) is 0 Å². The van der Waals surface area contributed by atoms with Gasteiger partial charge in [-0.3, -0.25) is 0 Å². The third-order valence-electron chi connectivity index (χ3n) is 2.06. The number of hydrogen-bond donors (Lipinski definition) is 1.